The number of carbonyl (C=O) groups excluding carboxylic acids is 1. The lowest BCUT2D eigenvalue weighted by molar-refractivity contribution is -0.124. The van der Waals surface area contributed by atoms with Crippen LogP contribution in [-0.4, -0.2) is 42.0 Å². The van der Waals surface area contributed by atoms with Gasteiger partial charge in [-0.3, -0.25) is 4.79 Å². The average molecular weight is 267 g/mol. The summed E-state index contributed by atoms with van der Waals surface area (Å²) >= 11 is 0. The fourth-order valence-electron chi connectivity index (χ4n) is 3.03. The Morgan fingerprint density at radius 1 is 1.32 bits per heavy atom. The van der Waals surface area contributed by atoms with Crippen molar-refractivity contribution in [3.05, 3.63) is 0 Å². The van der Waals surface area contributed by atoms with E-state index in [2.05, 4.69) is 24.1 Å². The zero-order valence-corrected chi connectivity index (χ0v) is 12.6. The van der Waals surface area contributed by atoms with Gasteiger partial charge in [0, 0.05) is 19.1 Å². The minimum atomic E-state index is -0.516. The van der Waals surface area contributed by atoms with Gasteiger partial charge >= 0.3 is 0 Å². The largest absolute Gasteiger partial charge is 0.368 e. The molecule has 1 aliphatic carbocycles. The molecule has 19 heavy (non-hydrogen) atoms. The second-order valence-electron chi connectivity index (χ2n) is 6.93. The maximum Gasteiger partial charge on any atom is 0.237 e. The quantitative estimate of drug-likeness (QED) is 0.732. The fraction of sp³-hybridized carbons (Fsp3) is 0.933. The van der Waals surface area contributed by atoms with Crippen molar-refractivity contribution in [3.8, 4) is 0 Å². The summed E-state index contributed by atoms with van der Waals surface area (Å²) in [5.74, 6) is 1.39. The topological polar surface area (TPSA) is 58.4 Å². The van der Waals surface area contributed by atoms with E-state index in [1.807, 2.05) is 6.92 Å². The SMILES string of the molecule is CC1CN(CCCC(C)(NC2CC2)C(N)=O)CC1C. The summed E-state index contributed by atoms with van der Waals surface area (Å²) in [5.41, 5.74) is 5.05. The van der Waals surface area contributed by atoms with E-state index < -0.39 is 5.54 Å². The molecule has 0 aromatic carbocycles. The maximum absolute atomic E-state index is 11.7. The summed E-state index contributed by atoms with van der Waals surface area (Å²) in [7, 11) is 0. The molecule has 1 saturated heterocycles. The standard InChI is InChI=1S/C15H29N3O/c1-11-9-18(10-12(11)2)8-4-7-15(3,14(16)19)17-13-5-6-13/h11-13,17H,4-10H2,1-3H3,(H2,16,19). The predicted octanol–water partition coefficient (Wildman–Crippen LogP) is 1.35. The molecule has 1 aliphatic heterocycles. The Kier molecular flexibility index (Phi) is 4.51. The number of amides is 1. The van der Waals surface area contributed by atoms with Crippen molar-refractivity contribution in [2.24, 2.45) is 17.6 Å². The van der Waals surface area contributed by atoms with Crippen LogP contribution in [0.1, 0.15) is 46.5 Å². The van der Waals surface area contributed by atoms with E-state index in [1.165, 1.54) is 25.9 Å². The second-order valence-corrected chi connectivity index (χ2v) is 6.93. The zero-order valence-electron chi connectivity index (χ0n) is 12.6. The molecule has 0 aromatic heterocycles. The third-order valence-electron chi connectivity index (χ3n) is 4.86. The Morgan fingerprint density at radius 3 is 2.37 bits per heavy atom. The van der Waals surface area contributed by atoms with Crippen molar-refractivity contribution in [3.63, 3.8) is 0 Å². The lowest BCUT2D eigenvalue weighted by Crippen LogP contribution is -2.54. The first kappa shape index (κ1) is 14.8. The van der Waals surface area contributed by atoms with Crippen molar-refractivity contribution in [2.45, 2.75) is 58.0 Å². The van der Waals surface area contributed by atoms with Gasteiger partial charge in [0.05, 0.1) is 5.54 Å². The van der Waals surface area contributed by atoms with Gasteiger partial charge in [0.1, 0.15) is 0 Å². The molecule has 2 aliphatic rings. The van der Waals surface area contributed by atoms with Gasteiger partial charge in [-0.25, -0.2) is 0 Å². The number of hydrogen-bond acceptors (Lipinski definition) is 3. The Balaban J connectivity index is 1.74. The molecule has 4 heteroatoms. The molecular weight excluding hydrogens is 238 g/mol. The number of carbonyl (C=O) groups is 1. The molecule has 2 fully saturated rings. The summed E-state index contributed by atoms with van der Waals surface area (Å²) in [6, 6.07) is 0.518. The molecule has 3 N–H and O–H groups in total. The van der Waals surface area contributed by atoms with Crippen molar-refractivity contribution >= 4 is 5.91 Å². The lowest BCUT2D eigenvalue weighted by Gasteiger charge is -2.28. The van der Waals surface area contributed by atoms with Gasteiger partial charge in [0.15, 0.2) is 0 Å². The highest BCUT2D eigenvalue weighted by molar-refractivity contribution is 5.84. The van der Waals surface area contributed by atoms with Gasteiger partial charge in [-0.05, 0) is 51.0 Å². The Labute approximate surface area is 117 Å². The van der Waals surface area contributed by atoms with Crippen molar-refractivity contribution in [1.82, 2.24) is 10.2 Å². The summed E-state index contributed by atoms with van der Waals surface area (Å²) in [5, 5.41) is 3.42. The van der Waals surface area contributed by atoms with Crippen LogP contribution in [0.5, 0.6) is 0 Å². The third-order valence-corrected chi connectivity index (χ3v) is 4.86. The normalized spacial score (nSPS) is 31.3. The number of primary amides is 1. The molecule has 0 radical (unpaired) electrons. The van der Waals surface area contributed by atoms with E-state index in [0.717, 1.165) is 31.2 Å². The summed E-state index contributed by atoms with van der Waals surface area (Å²) in [4.78, 5) is 14.2. The van der Waals surface area contributed by atoms with E-state index in [1.54, 1.807) is 0 Å². The fourth-order valence-corrected chi connectivity index (χ4v) is 3.03. The molecule has 1 saturated carbocycles. The van der Waals surface area contributed by atoms with Gasteiger partial charge in [-0.1, -0.05) is 13.8 Å². The maximum atomic E-state index is 11.7. The van der Waals surface area contributed by atoms with Gasteiger partial charge < -0.3 is 16.0 Å². The number of nitrogens with two attached hydrogens (primary N) is 1. The molecular formula is C15H29N3O. The molecule has 0 spiro atoms. The molecule has 2 rings (SSSR count). The van der Waals surface area contributed by atoms with Crippen LogP contribution in [0.4, 0.5) is 0 Å². The highest BCUT2D eigenvalue weighted by Gasteiger charge is 2.36. The van der Waals surface area contributed by atoms with Gasteiger partial charge in [-0.2, -0.15) is 0 Å². The molecule has 1 amide bonds. The minimum Gasteiger partial charge on any atom is -0.368 e. The minimum absolute atomic E-state index is 0.206. The van der Waals surface area contributed by atoms with E-state index in [4.69, 9.17) is 5.73 Å². The first-order chi connectivity index (χ1) is 8.90. The molecule has 0 bridgehead atoms. The average Bonchev–Trinajstić information content (AvgIpc) is 3.06. The molecule has 1 heterocycles. The summed E-state index contributed by atoms with van der Waals surface area (Å²) in [6.45, 7) is 10.1. The van der Waals surface area contributed by atoms with E-state index in [9.17, 15) is 4.79 Å². The molecule has 0 aromatic rings. The first-order valence-electron chi connectivity index (χ1n) is 7.70. The van der Waals surface area contributed by atoms with Crippen LogP contribution in [0, 0.1) is 11.8 Å². The Bertz CT molecular complexity index is 319. The van der Waals surface area contributed by atoms with Crippen LogP contribution in [0.15, 0.2) is 0 Å². The van der Waals surface area contributed by atoms with Crippen LogP contribution >= 0.6 is 0 Å². The molecule has 4 nitrogen and oxygen atoms in total. The highest BCUT2D eigenvalue weighted by Crippen LogP contribution is 2.26. The number of hydrogen-bond donors (Lipinski definition) is 2. The Morgan fingerprint density at radius 2 is 1.89 bits per heavy atom. The van der Waals surface area contributed by atoms with Gasteiger partial charge in [0.2, 0.25) is 5.91 Å². The molecule has 3 atom stereocenters. The number of rotatable bonds is 7. The monoisotopic (exact) mass is 267 g/mol. The molecule has 110 valence electrons. The van der Waals surface area contributed by atoms with Crippen molar-refractivity contribution < 1.29 is 4.79 Å². The smallest absolute Gasteiger partial charge is 0.237 e. The third kappa shape index (κ3) is 3.93. The lowest BCUT2D eigenvalue weighted by atomic mass is 9.94. The van der Waals surface area contributed by atoms with Crippen LogP contribution in [0.3, 0.4) is 0 Å². The molecule has 3 unspecified atom stereocenters. The predicted molar refractivity (Wildman–Crippen MR) is 77.8 cm³/mol. The first-order valence-corrected chi connectivity index (χ1v) is 7.70. The zero-order chi connectivity index (χ0) is 14.0. The van der Waals surface area contributed by atoms with E-state index in [0.29, 0.717) is 6.04 Å². The van der Waals surface area contributed by atoms with Gasteiger partial charge in [-0.15, -0.1) is 0 Å². The second kappa shape index (κ2) is 5.80. The number of nitrogens with one attached hydrogen (secondary N) is 1. The Hall–Kier alpha value is -0.610. The van der Waals surface area contributed by atoms with Crippen LogP contribution in [0.25, 0.3) is 0 Å². The summed E-state index contributed by atoms with van der Waals surface area (Å²) < 4.78 is 0. The number of nitrogens with zero attached hydrogens (tertiary/aromatic N) is 1. The highest BCUT2D eigenvalue weighted by atomic mass is 16.1. The van der Waals surface area contributed by atoms with E-state index in [-0.39, 0.29) is 5.91 Å². The van der Waals surface area contributed by atoms with Crippen molar-refractivity contribution in [2.75, 3.05) is 19.6 Å². The number of likely N-dealkylation sites (tertiary alicyclic amines) is 1. The van der Waals surface area contributed by atoms with Crippen LogP contribution in [-0.2, 0) is 4.79 Å². The van der Waals surface area contributed by atoms with Crippen molar-refractivity contribution in [1.29, 1.82) is 0 Å². The van der Waals surface area contributed by atoms with Crippen LogP contribution in [0.2, 0.25) is 0 Å². The van der Waals surface area contributed by atoms with Crippen LogP contribution < -0.4 is 11.1 Å². The van der Waals surface area contributed by atoms with E-state index >= 15 is 0 Å². The van der Waals surface area contributed by atoms with Gasteiger partial charge in [0.25, 0.3) is 0 Å². The summed E-state index contributed by atoms with van der Waals surface area (Å²) in [6.07, 6.45) is 4.25.